The molecule has 2 heterocycles. The average molecular weight is 597 g/mol. The molecule has 2 aliphatic heterocycles. The Kier molecular flexibility index (Phi) is 6.43. The first-order valence-corrected chi connectivity index (χ1v) is 14.3. The number of hydrogen-bond acceptors (Lipinski definition) is 9. The van der Waals surface area contributed by atoms with Crippen LogP contribution in [0.3, 0.4) is 0 Å². The lowest BCUT2D eigenvalue weighted by atomic mass is 9.48. The van der Waals surface area contributed by atoms with Crippen molar-refractivity contribution in [3.05, 3.63) is 116 Å². The molecule has 8 rings (SSSR count). The lowest BCUT2D eigenvalue weighted by Gasteiger charge is -2.62. The highest BCUT2D eigenvalue weighted by molar-refractivity contribution is 5.52. The van der Waals surface area contributed by atoms with Crippen molar-refractivity contribution in [2.45, 2.75) is 55.1 Å². The van der Waals surface area contributed by atoms with Gasteiger partial charge in [-0.1, -0.05) is 24.3 Å². The molecule has 4 fully saturated rings. The van der Waals surface area contributed by atoms with Crippen LogP contribution in [0, 0.1) is 20.2 Å². The Hall–Kier alpha value is -5.16. The van der Waals surface area contributed by atoms with Crippen LogP contribution in [-0.2, 0) is 15.6 Å². The molecular weight excluding hydrogens is 568 g/mol. The molecule has 224 valence electrons. The van der Waals surface area contributed by atoms with Crippen molar-refractivity contribution in [3.8, 4) is 34.5 Å². The lowest BCUT2D eigenvalue weighted by molar-refractivity contribution is -0.386. The Bertz CT molecular complexity index is 1630. The molecule has 0 unspecified atom stereocenters. The number of benzene rings is 4. The monoisotopic (exact) mass is 596 g/mol. The van der Waals surface area contributed by atoms with Gasteiger partial charge in [0.25, 0.3) is 0 Å². The molecule has 0 radical (unpaired) electrons. The third-order valence-corrected chi connectivity index (χ3v) is 9.23. The summed E-state index contributed by atoms with van der Waals surface area (Å²) in [6.45, 7) is 0. The fraction of sp³-hybridized carbons (Fsp3) is 0.273. The van der Waals surface area contributed by atoms with E-state index in [0.29, 0.717) is 23.0 Å². The SMILES string of the molecule is O=[N+]([O-])c1ccc(Oc2ccc([C@]34C[C@@H]5C[C@@](c6ccc(Oc7ccc([N+](=O)[O-])c(O)c7)cc6)(C[C@H](C3)O5)C4)cc2)cc1O. The van der Waals surface area contributed by atoms with Gasteiger partial charge in [-0.2, -0.15) is 0 Å². The van der Waals surface area contributed by atoms with Crippen LogP contribution < -0.4 is 9.47 Å². The molecule has 4 bridgehead atoms. The Morgan fingerprint density at radius 2 is 0.977 bits per heavy atom. The largest absolute Gasteiger partial charge is 0.502 e. The highest BCUT2D eigenvalue weighted by Gasteiger charge is 2.59. The second kappa shape index (κ2) is 10.2. The van der Waals surface area contributed by atoms with Gasteiger partial charge in [-0.15, -0.1) is 0 Å². The van der Waals surface area contributed by atoms with Gasteiger partial charge in [0.05, 0.1) is 22.1 Å². The van der Waals surface area contributed by atoms with E-state index in [-0.39, 0.29) is 34.4 Å². The number of nitrogens with zero attached hydrogens (tertiary/aromatic N) is 2. The van der Waals surface area contributed by atoms with Crippen LogP contribution in [-0.4, -0.2) is 32.3 Å². The summed E-state index contributed by atoms with van der Waals surface area (Å²) in [7, 11) is 0. The van der Waals surface area contributed by atoms with Crippen LogP contribution in [0.15, 0.2) is 84.9 Å². The Morgan fingerprint density at radius 1 is 0.614 bits per heavy atom. The summed E-state index contributed by atoms with van der Waals surface area (Å²) in [5.41, 5.74) is 1.57. The van der Waals surface area contributed by atoms with Gasteiger partial charge in [-0.25, -0.2) is 0 Å². The molecule has 0 spiro atoms. The Labute approximate surface area is 251 Å². The van der Waals surface area contributed by atoms with Gasteiger partial charge in [-0.3, -0.25) is 20.2 Å². The van der Waals surface area contributed by atoms with Crippen LogP contribution in [0.2, 0.25) is 0 Å². The fourth-order valence-electron chi connectivity index (χ4n) is 7.60. The summed E-state index contributed by atoms with van der Waals surface area (Å²) in [4.78, 5) is 20.7. The zero-order chi connectivity index (χ0) is 30.6. The molecule has 2 saturated heterocycles. The number of hydrogen-bond donors (Lipinski definition) is 2. The number of phenols is 2. The normalized spacial score (nSPS) is 25.0. The summed E-state index contributed by atoms with van der Waals surface area (Å²) in [5.74, 6) is 0.840. The Balaban J connectivity index is 1.10. The zero-order valence-electron chi connectivity index (χ0n) is 23.4. The molecule has 4 aliphatic rings. The quantitative estimate of drug-likeness (QED) is 0.156. The highest BCUT2D eigenvalue weighted by Crippen LogP contribution is 2.62. The summed E-state index contributed by atoms with van der Waals surface area (Å²) < 4.78 is 18.1. The summed E-state index contributed by atoms with van der Waals surface area (Å²) in [6.07, 6.45) is 5.02. The van der Waals surface area contributed by atoms with E-state index >= 15 is 0 Å². The zero-order valence-corrected chi connectivity index (χ0v) is 23.4. The molecule has 44 heavy (non-hydrogen) atoms. The number of nitro benzene ring substituents is 2. The molecule has 0 aromatic heterocycles. The number of aromatic hydroxyl groups is 2. The van der Waals surface area contributed by atoms with E-state index in [0.717, 1.165) is 32.1 Å². The molecule has 11 heteroatoms. The van der Waals surface area contributed by atoms with E-state index in [2.05, 4.69) is 24.3 Å². The van der Waals surface area contributed by atoms with E-state index in [4.69, 9.17) is 14.2 Å². The van der Waals surface area contributed by atoms with Gasteiger partial charge in [0.2, 0.25) is 0 Å². The average Bonchev–Trinajstić information content (AvgIpc) is 2.97. The molecule has 2 N–H and O–H groups in total. The minimum absolute atomic E-state index is 0.0559. The number of phenolic OH excluding ortho intramolecular Hbond substituents is 2. The minimum atomic E-state index is -0.646. The van der Waals surface area contributed by atoms with Gasteiger partial charge < -0.3 is 24.4 Å². The first-order valence-electron chi connectivity index (χ1n) is 14.3. The van der Waals surface area contributed by atoms with E-state index in [1.807, 2.05) is 24.3 Å². The van der Waals surface area contributed by atoms with Crippen LogP contribution in [0.4, 0.5) is 11.4 Å². The van der Waals surface area contributed by atoms with Crippen LogP contribution in [0.1, 0.15) is 43.2 Å². The summed E-state index contributed by atoms with van der Waals surface area (Å²) in [6, 6.07) is 23.7. The van der Waals surface area contributed by atoms with Crippen LogP contribution in [0.25, 0.3) is 0 Å². The van der Waals surface area contributed by atoms with Crippen molar-refractivity contribution in [1.29, 1.82) is 0 Å². The topological polar surface area (TPSA) is 154 Å². The second-order valence-corrected chi connectivity index (χ2v) is 12.0. The first-order chi connectivity index (χ1) is 21.1. The Morgan fingerprint density at radius 3 is 1.32 bits per heavy atom. The third kappa shape index (κ3) is 4.84. The molecule has 2 aliphatic carbocycles. The maximum Gasteiger partial charge on any atom is 0.310 e. The van der Waals surface area contributed by atoms with Gasteiger partial charge in [0.1, 0.15) is 23.0 Å². The second-order valence-electron chi connectivity index (χ2n) is 12.0. The van der Waals surface area contributed by atoms with Crippen molar-refractivity contribution in [3.63, 3.8) is 0 Å². The van der Waals surface area contributed by atoms with E-state index in [1.165, 1.54) is 47.5 Å². The van der Waals surface area contributed by atoms with Gasteiger partial charge in [-0.05, 0) is 79.6 Å². The maximum atomic E-state index is 11.0. The van der Waals surface area contributed by atoms with Crippen molar-refractivity contribution < 1.29 is 34.3 Å². The molecule has 4 aromatic carbocycles. The maximum absolute atomic E-state index is 11.0. The van der Waals surface area contributed by atoms with Crippen molar-refractivity contribution in [2.24, 2.45) is 0 Å². The molecule has 4 aromatic rings. The van der Waals surface area contributed by atoms with Gasteiger partial charge in [0.15, 0.2) is 11.5 Å². The molecule has 0 atom stereocenters. The van der Waals surface area contributed by atoms with E-state index in [1.54, 1.807) is 0 Å². The highest BCUT2D eigenvalue weighted by atomic mass is 16.6. The third-order valence-electron chi connectivity index (χ3n) is 9.23. The summed E-state index contributed by atoms with van der Waals surface area (Å²) >= 11 is 0. The molecule has 0 amide bonds. The first kappa shape index (κ1) is 27.7. The molecule has 11 nitrogen and oxygen atoms in total. The smallest absolute Gasteiger partial charge is 0.310 e. The minimum Gasteiger partial charge on any atom is -0.502 e. The predicted molar refractivity (Wildman–Crippen MR) is 158 cm³/mol. The van der Waals surface area contributed by atoms with Crippen molar-refractivity contribution in [1.82, 2.24) is 0 Å². The van der Waals surface area contributed by atoms with Gasteiger partial charge in [0, 0.05) is 35.1 Å². The molecular formula is C33H28N2O9. The van der Waals surface area contributed by atoms with Crippen molar-refractivity contribution >= 4 is 11.4 Å². The van der Waals surface area contributed by atoms with Crippen molar-refractivity contribution in [2.75, 3.05) is 0 Å². The number of nitro groups is 2. The summed E-state index contributed by atoms with van der Waals surface area (Å²) in [5, 5.41) is 41.9. The van der Waals surface area contributed by atoms with Gasteiger partial charge >= 0.3 is 11.4 Å². The van der Waals surface area contributed by atoms with Crippen LogP contribution in [0.5, 0.6) is 34.5 Å². The van der Waals surface area contributed by atoms with E-state index in [9.17, 15) is 30.4 Å². The predicted octanol–water partition coefficient (Wildman–Crippen LogP) is 7.42. The fourth-order valence-corrected chi connectivity index (χ4v) is 7.60. The van der Waals surface area contributed by atoms with Crippen LogP contribution >= 0.6 is 0 Å². The lowest BCUT2D eigenvalue weighted by Crippen LogP contribution is -2.60. The standard InChI is InChI=1S/C33H28N2O9/c36-30-13-24(9-11-28(30)34(38)39)42-22-5-1-20(2-6-22)32-15-26-17-33(19-32,18-27(16-32)44-26)21-3-7-23(8-4-21)43-25-10-12-29(35(40)41)31(37)14-25/h1-14,26-27,36-37H,15-19H2/t26-,27+,32-,33-. The number of rotatable bonds is 8. The molecule has 2 saturated carbocycles. The van der Waals surface area contributed by atoms with E-state index < -0.39 is 21.3 Å². The number of ether oxygens (including phenoxy) is 3.